The van der Waals surface area contributed by atoms with Gasteiger partial charge in [-0.25, -0.2) is 4.79 Å². The van der Waals surface area contributed by atoms with Crippen LogP contribution in [0.3, 0.4) is 0 Å². The monoisotopic (exact) mass is 250 g/mol. The van der Waals surface area contributed by atoms with Crippen LogP contribution in [0.5, 0.6) is 0 Å². The van der Waals surface area contributed by atoms with Gasteiger partial charge in [-0.2, -0.15) is 0 Å². The molecule has 0 unspecified atom stereocenters. The molecule has 0 atom stereocenters. The molecule has 1 aromatic rings. The average Bonchev–Trinajstić information content (AvgIpc) is 2.33. The van der Waals surface area contributed by atoms with E-state index in [4.69, 9.17) is 5.11 Å². The van der Waals surface area contributed by atoms with Gasteiger partial charge >= 0.3 is 5.97 Å². The predicted molar refractivity (Wildman–Crippen MR) is 69.9 cm³/mol. The van der Waals surface area contributed by atoms with Crippen molar-refractivity contribution in [3.63, 3.8) is 0 Å². The van der Waals surface area contributed by atoms with Gasteiger partial charge in [0.2, 0.25) is 5.91 Å². The van der Waals surface area contributed by atoms with Crippen molar-refractivity contribution in [3.8, 4) is 0 Å². The van der Waals surface area contributed by atoms with Crippen LogP contribution in [0.25, 0.3) is 0 Å². The highest BCUT2D eigenvalue weighted by atomic mass is 16.4. The van der Waals surface area contributed by atoms with Crippen LogP contribution >= 0.6 is 0 Å². The largest absolute Gasteiger partial charge is 0.478 e. The summed E-state index contributed by atoms with van der Waals surface area (Å²) in [5.74, 6) is -1.02. The molecule has 3 N–H and O–H groups in total. The van der Waals surface area contributed by atoms with Gasteiger partial charge in [-0.1, -0.05) is 6.92 Å². The normalized spacial score (nSPS) is 9.89. The van der Waals surface area contributed by atoms with Gasteiger partial charge in [-0.15, -0.1) is 0 Å². The zero-order valence-electron chi connectivity index (χ0n) is 10.6. The average molecular weight is 250 g/mol. The van der Waals surface area contributed by atoms with E-state index in [0.717, 1.165) is 12.1 Å². The van der Waals surface area contributed by atoms with Crippen LogP contribution in [-0.4, -0.2) is 30.1 Å². The van der Waals surface area contributed by atoms with Gasteiger partial charge in [0.25, 0.3) is 0 Å². The fourth-order valence-corrected chi connectivity index (χ4v) is 1.52. The summed E-state index contributed by atoms with van der Waals surface area (Å²) < 4.78 is 0. The number of hydrogen-bond acceptors (Lipinski definition) is 3. The third-order valence-electron chi connectivity index (χ3n) is 2.48. The number of rotatable bonds is 6. The summed E-state index contributed by atoms with van der Waals surface area (Å²) in [6, 6.07) is 4.91. The Bertz CT molecular complexity index is 444. The number of benzene rings is 1. The fourth-order valence-electron chi connectivity index (χ4n) is 1.52. The minimum absolute atomic E-state index is 0.0724. The molecule has 0 aliphatic rings. The molecule has 0 aliphatic carbocycles. The maximum absolute atomic E-state index is 11.4. The molecule has 0 saturated heterocycles. The molecule has 18 heavy (non-hydrogen) atoms. The Morgan fingerprint density at radius 3 is 2.61 bits per heavy atom. The van der Waals surface area contributed by atoms with Gasteiger partial charge < -0.3 is 15.7 Å². The quantitative estimate of drug-likeness (QED) is 0.717. The molecule has 5 heteroatoms. The minimum Gasteiger partial charge on any atom is -0.478 e. The fraction of sp³-hybridized carbons (Fsp3) is 0.385. The first-order valence-electron chi connectivity index (χ1n) is 5.89. The van der Waals surface area contributed by atoms with Crippen LogP contribution in [0.15, 0.2) is 18.2 Å². The molecule has 0 aliphatic heterocycles. The zero-order chi connectivity index (χ0) is 13.5. The van der Waals surface area contributed by atoms with E-state index < -0.39 is 5.97 Å². The van der Waals surface area contributed by atoms with Crippen LogP contribution in [0, 0.1) is 6.92 Å². The topological polar surface area (TPSA) is 78.4 Å². The lowest BCUT2D eigenvalue weighted by Gasteiger charge is -2.09. The highest BCUT2D eigenvalue weighted by Crippen LogP contribution is 2.14. The Labute approximate surface area is 106 Å². The SMILES string of the molecule is CCCNC(=O)CNc1ccc(C(=O)O)c(C)c1. The minimum atomic E-state index is -0.945. The molecule has 1 aromatic carbocycles. The number of hydrogen-bond donors (Lipinski definition) is 3. The molecular formula is C13H18N2O3. The molecule has 1 amide bonds. The third kappa shape index (κ3) is 4.08. The molecule has 0 aromatic heterocycles. The zero-order valence-corrected chi connectivity index (χ0v) is 10.6. The molecule has 0 spiro atoms. The van der Waals surface area contributed by atoms with Crippen molar-refractivity contribution in [2.75, 3.05) is 18.4 Å². The molecule has 5 nitrogen and oxygen atoms in total. The van der Waals surface area contributed by atoms with E-state index in [0.29, 0.717) is 12.1 Å². The first-order valence-corrected chi connectivity index (χ1v) is 5.89. The van der Waals surface area contributed by atoms with Crippen molar-refractivity contribution in [2.24, 2.45) is 0 Å². The second-order valence-corrected chi connectivity index (χ2v) is 4.04. The van der Waals surface area contributed by atoms with Crippen molar-refractivity contribution >= 4 is 17.6 Å². The Morgan fingerprint density at radius 1 is 1.33 bits per heavy atom. The van der Waals surface area contributed by atoms with Crippen LogP contribution < -0.4 is 10.6 Å². The smallest absolute Gasteiger partial charge is 0.335 e. The Kier molecular flexibility index (Phi) is 5.17. The van der Waals surface area contributed by atoms with Crippen molar-refractivity contribution in [1.82, 2.24) is 5.32 Å². The molecule has 0 saturated carbocycles. The van der Waals surface area contributed by atoms with Crippen LogP contribution in [0.1, 0.15) is 29.3 Å². The van der Waals surface area contributed by atoms with E-state index in [1.54, 1.807) is 19.1 Å². The number of amides is 1. The van der Waals surface area contributed by atoms with Crippen molar-refractivity contribution < 1.29 is 14.7 Å². The molecule has 0 bridgehead atoms. The maximum Gasteiger partial charge on any atom is 0.335 e. The summed E-state index contributed by atoms with van der Waals surface area (Å²) in [7, 11) is 0. The lowest BCUT2D eigenvalue weighted by molar-refractivity contribution is -0.119. The molecule has 0 fully saturated rings. The van der Waals surface area contributed by atoms with Gasteiger partial charge in [0, 0.05) is 12.2 Å². The van der Waals surface area contributed by atoms with Gasteiger partial charge in [0.1, 0.15) is 0 Å². The van der Waals surface area contributed by atoms with Crippen molar-refractivity contribution in [2.45, 2.75) is 20.3 Å². The van der Waals surface area contributed by atoms with Gasteiger partial charge in [0.05, 0.1) is 12.1 Å². The lowest BCUT2D eigenvalue weighted by atomic mass is 10.1. The highest BCUT2D eigenvalue weighted by molar-refractivity contribution is 5.90. The first kappa shape index (κ1) is 14.0. The summed E-state index contributed by atoms with van der Waals surface area (Å²) in [6.07, 6.45) is 0.901. The molecule has 0 heterocycles. The number of anilines is 1. The molecule has 0 radical (unpaired) electrons. The van der Waals surface area contributed by atoms with E-state index in [1.807, 2.05) is 6.92 Å². The van der Waals surface area contributed by atoms with Crippen molar-refractivity contribution in [1.29, 1.82) is 0 Å². The number of carbonyl (C=O) groups excluding carboxylic acids is 1. The van der Waals surface area contributed by atoms with Crippen molar-refractivity contribution in [3.05, 3.63) is 29.3 Å². The Hall–Kier alpha value is -2.04. The third-order valence-corrected chi connectivity index (χ3v) is 2.48. The predicted octanol–water partition coefficient (Wildman–Crippen LogP) is 1.63. The molecule has 1 rings (SSSR count). The Morgan fingerprint density at radius 2 is 2.06 bits per heavy atom. The summed E-state index contributed by atoms with van der Waals surface area (Å²) >= 11 is 0. The van der Waals surface area contributed by atoms with E-state index in [-0.39, 0.29) is 18.0 Å². The van der Waals surface area contributed by atoms with Gasteiger partial charge in [0.15, 0.2) is 0 Å². The van der Waals surface area contributed by atoms with Gasteiger partial charge in [-0.05, 0) is 37.1 Å². The van der Waals surface area contributed by atoms with E-state index in [2.05, 4.69) is 10.6 Å². The molecule has 98 valence electrons. The summed E-state index contributed by atoms with van der Waals surface area (Å²) in [4.78, 5) is 22.2. The second-order valence-electron chi connectivity index (χ2n) is 4.04. The highest BCUT2D eigenvalue weighted by Gasteiger charge is 2.07. The lowest BCUT2D eigenvalue weighted by Crippen LogP contribution is -2.30. The van der Waals surface area contributed by atoms with Crippen LogP contribution in [-0.2, 0) is 4.79 Å². The summed E-state index contributed by atoms with van der Waals surface area (Å²) in [5.41, 5.74) is 1.68. The van der Waals surface area contributed by atoms with E-state index in [1.165, 1.54) is 6.07 Å². The van der Waals surface area contributed by atoms with Crippen LogP contribution in [0.2, 0.25) is 0 Å². The van der Waals surface area contributed by atoms with E-state index >= 15 is 0 Å². The first-order chi connectivity index (χ1) is 8.54. The second kappa shape index (κ2) is 6.64. The standard InChI is InChI=1S/C13H18N2O3/c1-3-6-14-12(16)8-15-10-4-5-11(13(17)18)9(2)7-10/h4-5,7,15H,3,6,8H2,1-2H3,(H,14,16)(H,17,18). The van der Waals surface area contributed by atoms with E-state index in [9.17, 15) is 9.59 Å². The number of aryl methyl sites for hydroxylation is 1. The van der Waals surface area contributed by atoms with Crippen LogP contribution in [0.4, 0.5) is 5.69 Å². The Balaban J connectivity index is 2.56. The molecular weight excluding hydrogens is 232 g/mol. The summed E-state index contributed by atoms with van der Waals surface area (Å²) in [6.45, 7) is 4.57. The maximum atomic E-state index is 11.4. The number of carboxylic acids is 1. The number of carboxylic acid groups (broad SMARTS) is 1. The number of carbonyl (C=O) groups is 2. The number of aromatic carboxylic acids is 1. The van der Waals surface area contributed by atoms with Gasteiger partial charge in [-0.3, -0.25) is 4.79 Å². The summed E-state index contributed by atoms with van der Waals surface area (Å²) in [5, 5.41) is 14.6. The number of nitrogens with one attached hydrogen (secondary N) is 2.